The second-order valence-electron chi connectivity index (χ2n) is 6.11. The fraction of sp³-hybridized carbons (Fsp3) is 0.692. The van der Waals surface area contributed by atoms with Crippen LogP contribution in [0.25, 0.3) is 0 Å². The maximum atomic E-state index is 12.7. The molecule has 0 bridgehead atoms. The summed E-state index contributed by atoms with van der Waals surface area (Å²) in [5, 5.41) is 13.3. The molecule has 0 radical (unpaired) electrons. The Balaban J connectivity index is 2.31. The SMILES string of the molecule is COC1CC(C(=O)O)N(C(=O)c2snnc2C(C)(C)C)C1. The third kappa shape index (κ3) is 3.06. The molecule has 1 saturated heterocycles. The van der Waals surface area contributed by atoms with E-state index in [2.05, 4.69) is 9.59 Å². The summed E-state index contributed by atoms with van der Waals surface area (Å²) in [7, 11) is 1.52. The van der Waals surface area contributed by atoms with Crippen LogP contribution in [0.15, 0.2) is 0 Å². The number of carboxylic acid groups (broad SMARTS) is 1. The number of carbonyl (C=O) groups excluding carboxylic acids is 1. The fourth-order valence-corrected chi connectivity index (χ4v) is 3.21. The van der Waals surface area contributed by atoms with Gasteiger partial charge in [0.2, 0.25) is 0 Å². The lowest BCUT2D eigenvalue weighted by Crippen LogP contribution is -2.41. The van der Waals surface area contributed by atoms with Crippen molar-refractivity contribution < 1.29 is 19.4 Å². The van der Waals surface area contributed by atoms with Crippen molar-refractivity contribution in [3.05, 3.63) is 10.6 Å². The standard InChI is InChI=1S/C13H19N3O4S/c1-13(2,3)10-9(21-15-14-10)11(17)16-6-7(20-4)5-8(16)12(18)19/h7-8H,5-6H2,1-4H3,(H,18,19). The van der Waals surface area contributed by atoms with Crippen molar-refractivity contribution in [2.45, 2.75) is 44.8 Å². The Morgan fingerprint density at radius 1 is 1.43 bits per heavy atom. The van der Waals surface area contributed by atoms with Crippen molar-refractivity contribution in [1.82, 2.24) is 14.5 Å². The minimum absolute atomic E-state index is 0.256. The molecule has 2 rings (SSSR count). The van der Waals surface area contributed by atoms with Gasteiger partial charge in [-0.3, -0.25) is 4.79 Å². The minimum Gasteiger partial charge on any atom is -0.480 e. The number of likely N-dealkylation sites (tertiary alicyclic amines) is 1. The highest BCUT2D eigenvalue weighted by Gasteiger charge is 2.42. The molecule has 1 aromatic heterocycles. The number of carbonyl (C=O) groups is 2. The minimum atomic E-state index is -1.02. The zero-order valence-electron chi connectivity index (χ0n) is 12.5. The Bertz CT molecular complexity index is 552. The van der Waals surface area contributed by atoms with Crippen LogP contribution in [0.2, 0.25) is 0 Å². The number of hydrogen-bond acceptors (Lipinski definition) is 6. The third-order valence-corrected chi connectivity index (χ3v) is 4.25. The number of aromatic nitrogens is 2. The monoisotopic (exact) mass is 313 g/mol. The Labute approximate surface area is 127 Å². The molecule has 2 heterocycles. The number of methoxy groups -OCH3 is 1. The van der Waals surface area contributed by atoms with Crippen LogP contribution in [0.3, 0.4) is 0 Å². The van der Waals surface area contributed by atoms with Crippen LogP contribution in [-0.4, -0.2) is 57.3 Å². The van der Waals surface area contributed by atoms with Gasteiger partial charge in [-0.15, -0.1) is 5.10 Å². The van der Waals surface area contributed by atoms with Crippen LogP contribution in [0.4, 0.5) is 0 Å². The number of ether oxygens (including phenoxy) is 1. The highest BCUT2D eigenvalue weighted by atomic mass is 32.1. The van der Waals surface area contributed by atoms with Crippen molar-refractivity contribution in [2.75, 3.05) is 13.7 Å². The summed E-state index contributed by atoms with van der Waals surface area (Å²) in [6.07, 6.45) is 0.0447. The van der Waals surface area contributed by atoms with Gasteiger partial charge in [0.25, 0.3) is 5.91 Å². The molecule has 21 heavy (non-hydrogen) atoms. The summed E-state index contributed by atoms with van der Waals surface area (Å²) in [5.74, 6) is -1.35. The molecular weight excluding hydrogens is 294 g/mol. The first kappa shape index (κ1) is 15.8. The van der Waals surface area contributed by atoms with Crippen LogP contribution < -0.4 is 0 Å². The molecule has 0 aromatic carbocycles. The summed E-state index contributed by atoms with van der Waals surface area (Å²) in [4.78, 5) is 25.8. The molecule has 2 atom stereocenters. The summed E-state index contributed by atoms with van der Waals surface area (Å²) >= 11 is 1.01. The van der Waals surface area contributed by atoms with Gasteiger partial charge in [-0.25, -0.2) is 4.79 Å². The normalized spacial score (nSPS) is 22.6. The molecule has 1 amide bonds. The van der Waals surface area contributed by atoms with E-state index in [9.17, 15) is 14.7 Å². The van der Waals surface area contributed by atoms with Gasteiger partial charge in [0.05, 0.1) is 11.8 Å². The van der Waals surface area contributed by atoms with E-state index in [-0.39, 0.29) is 24.0 Å². The van der Waals surface area contributed by atoms with Crippen LogP contribution in [0, 0.1) is 0 Å². The number of hydrogen-bond donors (Lipinski definition) is 1. The van der Waals surface area contributed by atoms with Gasteiger partial charge in [0.15, 0.2) is 0 Å². The van der Waals surface area contributed by atoms with Gasteiger partial charge in [-0.05, 0) is 11.5 Å². The second-order valence-corrected chi connectivity index (χ2v) is 6.86. The van der Waals surface area contributed by atoms with Crippen molar-refractivity contribution >= 4 is 23.4 Å². The molecule has 7 nitrogen and oxygen atoms in total. The molecule has 0 saturated carbocycles. The predicted octanol–water partition coefficient (Wildman–Crippen LogP) is 1.15. The average Bonchev–Trinajstić information content (AvgIpc) is 3.03. The lowest BCUT2D eigenvalue weighted by molar-refractivity contribution is -0.141. The number of amides is 1. The van der Waals surface area contributed by atoms with Crippen LogP contribution in [0.1, 0.15) is 42.6 Å². The van der Waals surface area contributed by atoms with E-state index in [1.54, 1.807) is 0 Å². The molecule has 1 fully saturated rings. The summed E-state index contributed by atoms with van der Waals surface area (Å²) in [5.41, 5.74) is 0.277. The Morgan fingerprint density at radius 2 is 2.10 bits per heavy atom. The van der Waals surface area contributed by atoms with E-state index < -0.39 is 12.0 Å². The molecule has 2 unspecified atom stereocenters. The summed E-state index contributed by atoms with van der Waals surface area (Å²) < 4.78 is 9.06. The summed E-state index contributed by atoms with van der Waals surface area (Å²) in [6.45, 7) is 6.10. The first-order valence-corrected chi connectivity index (χ1v) is 7.42. The number of carboxylic acids is 1. The first-order chi connectivity index (χ1) is 9.75. The van der Waals surface area contributed by atoms with Crippen molar-refractivity contribution in [3.8, 4) is 0 Å². The molecule has 8 heteroatoms. The second kappa shape index (κ2) is 5.69. The van der Waals surface area contributed by atoms with E-state index in [0.717, 1.165) is 11.5 Å². The van der Waals surface area contributed by atoms with Crippen LogP contribution in [-0.2, 0) is 14.9 Å². The molecular formula is C13H19N3O4S. The topological polar surface area (TPSA) is 92.6 Å². The Hall–Kier alpha value is -1.54. The summed E-state index contributed by atoms with van der Waals surface area (Å²) in [6, 6.07) is -0.864. The molecule has 1 aliphatic rings. The first-order valence-electron chi connectivity index (χ1n) is 6.65. The van der Waals surface area contributed by atoms with E-state index in [4.69, 9.17) is 4.74 Å². The predicted molar refractivity (Wildman–Crippen MR) is 76.5 cm³/mol. The Kier molecular flexibility index (Phi) is 4.29. The van der Waals surface area contributed by atoms with Gasteiger partial charge in [0.1, 0.15) is 10.9 Å². The quantitative estimate of drug-likeness (QED) is 0.900. The van der Waals surface area contributed by atoms with E-state index in [1.165, 1.54) is 12.0 Å². The lowest BCUT2D eigenvalue weighted by atomic mass is 9.91. The van der Waals surface area contributed by atoms with Crippen molar-refractivity contribution in [2.24, 2.45) is 0 Å². The molecule has 0 spiro atoms. The van der Waals surface area contributed by atoms with Gasteiger partial charge in [-0.2, -0.15) is 0 Å². The van der Waals surface area contributed by atoms with Gasteiger partial charge < -0.3 is 14.7 Å². The lowest BCUT2D eigenvalue weighted by Gasteiger charge is -2.22. The number of nitrogens with zero attached hydrogens (tertiary/aromatic N) is 3. The smallest absolute Gasteiger partial charge is 0.326 e. The number of aliphatic carboxylic acids is 1. The molecule has 1 aromatic rings. The zero-order valence-corrected chi connectivity index (χ0v) is 13.3. The van der Waals surface area contributed by atoms with Crippen LogP contribution in [0.5, 0.6) is 0 Å². The van der Waals surface area contributed by atoms with Crippen molar-refractivity contribution in [1.29, 1.82) is 0 Å². The maximum absolute atomic E-state index is 12.7. The van der Waals surface area contributed by atoms with E-state index in [1.807, 2.05) is 20.8 Å². The zero-order chi connectivity index (χ0) is 15.8. The molecule has 116 valence electrons. The average molecular weight is 313 g/mol. The van der Waals surface area contributed by atoms with Gasteiger partial charge in [-0.1, -0.05) is 25.3 Å². The maximum Gasteiger partial charge on any atom is 0.326 e. The molecule has 1 aliphatic heterocycles. The van der Waals surface area contributed by atoms with Crippen molar-refractivity contribution in [3.63, 3.8) is 0 Å². The van der Waals surface area contributed by atoms with Gasteiger partial charge in [0, 0.05) is 25.5 Å². The van der Waals surface area contributed by atoms with Gasteiger partial charge >= 0.3 is 5.97 Å². The Morgan fingerprint density at radius 3 is 2.62 bits per heavy atom. The largest absolute Gasteiger partial charge is 0.480 e. The highest BCUT2D eigenvalue weighted by Crippen LogP contribution is 2.29. The van der Waals surface area contributed by atoms with Crippen LogP contribution >= 0.6 is 11.5 Å². The van der Waals surface area contributed by atoms with E-state index in [0.29, 0.717) is 17.0 Å². The highest BCUT2D eigenvalue weighted by molar-refractivity contribution is 7.08. The molecule has 1 N–H and O–H groups in total. The van der Waals surface area contributed by atoms with E-state index >= 15 is 0 Å². The number of rotatable bonds is 3. The fourth-order valence-electron chi connectivity index (χ4n) is 2.38. The molecule has 0 aliphatic carbocycles. The third-order valence-electron chi connectivity index (χ3n) is 3.53.